The average molecular weight is 410 g/mol. The molecule has 6 heteroatoms. The summed E-state index contributed by atoms with van der Waals surface area (Å²) in [7, 11) is 0. The molecule has 0 aromatic carbocycles. The fourth-order valence-electron chi connectivity index (χ4n) is 2.46. The Hall–Kier alpha value is 0.0900. The zero-order valence-electron chi connectivity index (χ0n) is 11.0. The van der Waals surface area contributed by atoms with E-state index in [1.54, 1.807) is 11.3 Å². The topological polar surface area (TPSA) is 46.3 Å². The molecule has 2 N–H and O–H groups in total. The molecule has 3 nitrogen and oxygen atoms in total. The summed E-state index contributed by atoms with van der Waals surface area (Å²) < 4.78 is 2.08. The number of hydrogen-bond donors (Lipinski definition) is 1. The van der Waals surface area contributed by atoms with Crippen molar-refractivity contribution in [3.63, 3.8) is 0 Å². The highest BCUT2D eigenvalue weighted by Crippen LogP contribution is 2.40. The summed E-state index contributed by atoms with van der Waals surface area (Å²) in [5, 5.41) is 0. The molecule has 0 radical (unpaired) electrons. The van der Waals surface area contributed by atoms with Crippen LogP contribution in [0, 0.1) is 5.92 Å². The summed E-state index contributed by atoms with van der Waals surface area (Å²) in [6.07, 6.45) is 1.34. The van der Waals surface area contributed by atoms with E-state index in [4.69, 9.17) is 5.73 Å². The molecule has 2 unspecified atom stereocenters. The van der Waals surface area contributed by atoms with Gasteiger partial charge in [-0.2, -0.15) is 0 Å². The van der Waals surface area contributed by atoms with Crippen molar-refractivity contribution in [3.05, 3.63) is 19.2 Å². The molecule has 1 aliphatic rings. The molecular formula is C13H18Br2N2OS. The molecule has 0 saturated carbocycles. The largest absolute Gasteiger partial charge is 0.333 e. The minimum Gasteiger partial charge on any atom is -0.333 e. The van der Waals surface area contributed by atoms with Crippen LogP contribution in [0.4, 0.5) is 0 Å². The van der Waals surface area contributed by atoms with Crippen LogP contribution in [0.2, 0.25) is 0 Å². The van der Waals surface area contributed by atoms with Crippen molar-refractivity contribution in [3.8, 4) is 0 Å². The Morgan fingerprint density at radius 1 is 1.53 bits per heavy atom. The van der Waals surface area contributed by atoms with Crippen molar-refractivity contribution >= 4 is 49.1 Å². The van der Waals surface area contributed by atoms with Crippen molar-refractivity contribution in [2.45, 2.75) is 38.8 Å². The minimum absolute atomic E-state index is 0.0104. The fraction of sp³-hybridized carbons (Fsp3) is 0.615. The third-order valence-electron chi connectivity index (χ3n) is 3.27. The van der Waals surface area contributed by atoms with E-state index < -0.39 is 0 Å². The summed E-state index contributed by atoms with van der Waals surface area (Å²) in [5.74, 6) is 0.671. The van der Waals surface area contributed by atoms with Crippen molar-refractivity contribution in [1.29, 1.82) is 0 Å². The molecule has 2 atom stereocenters. The first-order valence-corrected chi connectivity index (χ1v) is 8.80. The zero-order chi connectivity index (χ0) is 14.2. The molecule has 19 heavy (non-hydrogen) atoms. The van der Waals surface area contributed by atoms with Gasteiger partial charge in [-0.05, 0) is 50.3 Å². The van der Waals surface area contributed by atoms with Crippen LogP contribution in [-0.2, 0) is 4.79 Å². The molecule has 1 aromatic heterocycles. The van der Waals surface area contributed by atoms with Gasteiger partial charge in [0, 0.05) is 28.4 Å². The highest BCUT2D eigenvalue weighted by molar-refractivity contribution is 9.13. The van der Waals surface area contributed by atoms with Crippen LogP contribution < -0.4 is 5.73 Å². The number of amides is 1. The zero-order valence-corrected chi connectivity index (χ0v) is 15.0. The maximum Gasteiger partial charge on any atom is 0.223 e. The van der Waals surface area contributed by atoms with Crippen molar-refractivity contribution in [1.82, 2.24) is 4.90 Å². The van der Waals surface area contributed by atoms with Gasteiger partial charge in [-0.15, -0.1) is 11.3 Å². The van der Waals surface area contributed by atoms with Crippen LogP contribution in [-0.4, -0.2) is 23.4 Å². The quantitative estimate of drug-likeness (QED) is 0.822. The van der Waals surface area contributed by atoms with Crippen LogP contribution >= 0.6 is 43.2 Å². The highest BCUT2D eigenvalue weighted by Gasteiger charge is 2.36. The second kappa shape index (κ2) is 6.24. The summed E-state index contributed by atoms with van der Waals surface area (Å²) in [6.45, 7) is 5.03. The predicted molar refractivity (Wildman–Crippen MR) is 86.2 cm³/mol. The summed E-state index contributed by atoms with van der Waals surface area (Å²) in [4.78, 5) is 15.3. The summed E-state index contributed by atoms with van der Waals surface area (Å²) >= 11 is 8.68. The first kappa shape index (κ1) is 15.5. The van der Waals surface area contributed by atoms with Gasteiger partial charge in [0.15, 0.2) is 0 Å². The Kier molecular flexibility index (Phi) is 5.09. The number of thiophene rings is 1. The van der Waals surface area contributed by atoms with Crippen molar-refractivity contribution in [2.24, 2.45) is 11.7 Å². The second-order valence-electron chi connectivity index (χ2n) is 5.36. The Bertz CT molecular complexity index is 456. The molecule has 1 fully saturated rings. The number of nitrogens with zero attached hydrogens (tertiary/aromatic N) is 1. The predicted octanol–water partition coefficient (Wildman–Crippen LogP) is 3.92. The van der Waals surface area contributed by atoms with Crippen molar-refractivity contribution in [2.75, 3.05) is 6.54 Å². The molecule has 0 aliphatic carbocycles. The van der Waals surface area contributed by atoms with E-state index in [0.29, 0.717) is 12.3 Å². The van der Waals surface area contributed by atoms with Gasteiger partial charge >= 0.3 is 0 Å². The lowest BCUT2D eigenvalue weighted by atomic mass is 9.94. The third-order valence-corrected chi connectivity index (χ3v) is 6.60. The highest BCUT2D eigenvalue weighted by atomic mass is 79.9. The van der Waals surface area contributed by atoms with Gasteiger partial charge in [-0.3, -0.25) is 4.79 Å². The van der Waals surface area contributed by atoms with E-state index in [-0.39, 0.29) is 18.0 Å². The summed E-state index contributed by atoms with van der Waals surface area (Å²) in [5.41, 5.74) is 6.28. The Labute approximate surface area is 134 Å². The summed E-state index contributed by atoms with van der Waals surface area (Å²) in [6, 6.07) is 2.11. The number of halogens is 2. The average Bonchev–Trinajstić information content (AvgIpc) is 2.63. The lowest BCUT2D eigenvalue weighted by Crippen LogP contribution is -2.49. The molecule has 0 spiro atoms. The van der Waals surface area contributed by atoms with Gasteiger partial charge < -0.3 is 10.6 Å². The molecule has 2 heterocycles. The van der Waals surface area contributed by atoms with Gasteiger partial charge in [0.2, 0.25) is 5.91 Å². The molecule has 1 amide bonds. The number of piperidine rings is 1. The van der Waals surface area contributed by atoms with E-state index in [2.05, 4.69) is 51.8 Å². The van der Waals surface area contributed by atoms with E-state index in [9.17, 15) is 4.79 Å². The van der Waals surface area contributed by atoms with E-state index >= 15 is 0 Å². The normalized spacial score (nSPS) is 24.3. The molecule has 1 aliphatic heterocycles. The maximum absolute atomic E-state index is 12.2. The smallest absolute Gasteiger partial charge is 0.223 e. The number of carbonyl (C=O) groups is 1. The minimum atomic E-state index is 0.0104. The Morgan fingerprint density at radius 2 is 2.21 bits per heavy atom. The van der Waals surface area contributed by atoms with E-state index in [0.717, 1.165) is 26.1 Å². The van der Waals surface area contributed by atoms with Gasteiger partial charge in [0.25, 0.3) is 0 Å². The molecule has 2 rings (SSSR count). The second-order valence-corrected chi connectivity index (χ2v) is 8.61. The molecule has 0 bridgehead atoms. The van der Waals surface area contributed by atoms with Gasteiger partial charge in [0.1, 0.15) is 0 Å². The standard InChI is InChI=1S/C13H18Br2N2OS/c1-7(2)6-17-11(18)4-3-9(16)12(17)10-5-8(14)13(15)19-10/h5,7,9,12H,3-4,6,16H2,1-2H3. The number of nitrogens with two attached hydrogens (primary N) is 1. The Morgan fingerprint density at radius 3 is 2.74 bits per heavy atom. The lowest BCUT2D eigenvalue weighted by Gasteiger charge is -2.40. The van der Waals surface area contributed by atoms with Crippen LogP contribution in [0.15, 0.2) is 14.3 Å². The van der Waals surface area contributed by atoms with Crippen LogP contribution in [0.3, 0.4) is 0 Å². The SMILES string of the molecule is CC(C)CN1C(=O)CCC(N)C1c1cc(Br)c(Br)s1. The van der Waals surface area contributed by atoms with Gasteiger partial charge in [-0.25, -0.2) is 0 Å². The third kappa shape index (κ3) is 3.40. The molecular weight excluding hydrogens is 392 g/mol. The molecule has 1 aromatic rings. The van der Waals surface area contributed by atoms with Crippen LogP contribution in [0.1, 0.15) is 37.6 Å². The van der Waals surface area contributed by atoms with Crippen molar-refractivity contribution < 1.29 is 4.79 Å². The fourth-order valence-corrected chi connectivity index (χ4v) is 4.74. The van der Waals surface area contributed by atoms with Crippen LogP contribution in [0.25, 0.3) is 0 Å². The lowest BCUT2D eigenvalue weighted by molar-refractivity contribution is -0.137. The molecule has 1 saturated heterocycles. The monoisotopic (exact) mass is 408 g/mol. The van der Waals surface area contributed by atoms with E-state index in [1.807, 2.05) is 4.90 Å². The Balaban J connectivity index is 2.33. The van der Waals surface area contributed by atoms with E-state index in [1.165, 1.54) is 0 Å². The first-order valence-electron chi connectivity index (χ1n) is 6.40. The molecule has 106 valence electrons. The maximum atomic E-state index is 12.2. The van der Waals surface area contributed by atoms with Gasteiger partial charge in [-0.1, -0.05) is 13.8 Å². The van der Waals surface area contributed by atoms with Crippen LogP contribution in [0.5, 0.6) is 0 Å². The number of likely N-dealkylation sites (tertiary alicyclic amines) is 1. The van der Waals surface area contributed by atoms with Gasteiger partial charge in [0.05, 0.1) is 9.83 Å². The first-order chi connectivity index (χ1) is 8.90. The number of carbonyl (C=O) groups excluding carboxylic acids is 1. The number of rotatable bonds is 3. The number of hydrogen-bond acceptors (Lipinski definition) is 3.